The summed E-state index contributed by atoms with van der Waals surface area (Å²) in [5.74, 6) is 1.11. The molecular weight excluding hydrogens is 228 g/mol. The summed E-state index contributed by atoms with van der Waals surface area (Å²) >= 11 is 0. The van der Waals surface area contributed by atoms with E-state index in [1.165, 1.54) is 0 Å². The number of amides is 1. The summed E-state index contributed by atoms with van der Waals surface area (Å²) in [5, 5.41) is 3.01. The fourth-order valence-corrected chi connectivity index (χ4v) is 2.32. The SMILES string of the molecule is CCOc1c(N)cccc1C(=O)NC1CC(C)C1. The summed E-state index contributed by atoms with van der Waals surface area (Å²) in [4.78, 5) is 12.2. The van der Waals surface area contributed by atoms with Gasteiger partial charge >= 0.3 is 0 Å². The van der Waals surface area contributed by atoms with Gasteiger partial charge < -0.3 is 15.8 Å². The van der Waals surface area contributed by atoms with Gasteiger partial charge in [0, 0.05) is 6.04 Å². The van der Waals surface area contributed by atoms with Crippen molar-refractivity contribution in [3.63, 3.8) is 0 Å². The molecule has 1 saturated carbocycles. The maximum atomic E-state index is 12.2. The lowest BCUT2D eigenvalue weighted by molar-refractivity contribution is 0.0892. The summed E-state index contributed by atoms with van der Waals surface area (Å²) in [6.07, 6.45) is 2.11. The lowest BCUT2D eigenvalue weighted by Crippen LogP contribution is -2.43. The van der Waals surface area contributed by atoms with Crippen LogP contribution in [0.25, 0.3) is 0 Å². The van der Waals surface area contributed by atoms with Crippen LogP contribution in [-0.4, -0.2) is 18.6 Å². The highest BCUT2D eigenvalue weighted by Crippen LogP contribution is 2.29. The Labute approximate surface area is 108 Å². The predicted octanol–water partition coefficient (Wildman–Crippen LogP) is 2.20. The van der Waals surface area contributed by atoms with Crippen molar-refractivity contribution in [2.45, 2.75) is 32.7 Å². The van der Waals surface area contributed by atoms with Crippen LogP contribution in [0.4, 0.5) is 5.69 Å². The smallest absolute Gasteiger partial charge is 0.255 e. The van der Waals surface area contributed by atoms with Gasteiger partial charge in [0.15, 0.2) is 5.75 Å². The van der Waals surface area contributed by atoms with Crippen molar-refractivity contribution in [1.82, 2.24) is 5.32 Å². The Morgan fingerprint density at radius 1 is 1.50 bits per heavy atom. The predicted molar refractivity (Wildman–Crippen MR) is 71.7 cm³/mol. The summed E-state index contributed by atoms with van der Waals surface area (Å²) in [6.45, 7) is 4.56. The maximum Gasteiger partial charge on any atom is 0.255 e. The molecule has 0 spiro atoms. The van der Waals surface area contributed by atoms with E-state index in [0.717, 1.165) is 12.8 Å². The van der Waals surface area contributed by atoms with E-state index in [2.05, 4.69) is 12.2 Å². The third kappa shape index (κ3) is 2.58. The second-order valence-electron chi connectivity index (χ2n) is 4.90. The zero-order valence-electron chi connectivity index (χ0n) is 10.9. The molecule has 1 aliphatic rings. The first-order chi connectivity index (χ1) is 8.61. The van der Waals surface area contributed by atoms with Crippen molar-refractivity contribution in [1.29, 1.82) is 0 Å². The fraction of sp³-hybridized carbons (Fsp3) is 0.500. The molecule has 98 valence electrons. The number of carbonyl (C=O) groups is 1. The van der Waals surface area contributed by atoms with Gasteiger partial charge in [-0.15, -0.1) is 0 Å². The van der Waals surface area contributed by atoms with Crippen molar-refractivity contribution >= 4 is 11.6 Å². The van der Waals surface area contributed by atoms with Gasteiger partial charge in [-0.3, -0.25) is 4.79 Å². The van der Waals surface area contributed by atoms with Crippen LogP contribution < -0.4 is 15.8 Å². The molecule has 0 atom stereocenters. The number of nitrogen functional groups attached to an aromatic ring is 1. The molecule has 0 bridgehead atoms. The molecule has 1 fully saturated rings. The number of benzene rings is 1. The number of ether oxygens (including phenoxy) is 1. The Kier molecular flexibility index (Phi) is 3.75. The van der Waals surface area contributed by atoms with Gasteiger partial charge in [-0.05, 0) is 37.8 Å². The summed E-state index contributed by atoms with van der Waals surface area (Å²) in [5.41, 5.74) is 6.87. The van der Waals surface area contributed by atoms with E-state index >= 15 is 0 Å². The van der Waals surface area contributed by atoms with Crippen molar-refractivity contribution in [3.8, 4) is 5.75 Å². The number of para-hydroxylation sites is 1. The van der Waals surface area contributed by atoms with Crippen molar-refractivity contribution in [3.05, 3.63) is 23.8 Å². The van der Waals surface area contributed by atoms with E-state index in [4.69, 9.17) is 10.5 Å². The normalized spacial score (nSPS) is 22.1. The summed E-state index contributed by atoms with van der Waals surface area (Å²) in [6, 6.07) is 5.56. The lowest BCUT2D eigenvalue weighted by Gasteiger charge is -2.33. The Bertz CT molecular complexity index is 439. The highest BCUT2D eigenvalue weighted by atomic mass is 16.5. The number of nitrogens with one attached hydrogen (secondary N) is 1. The molecule has 4 heteroatoms. The highest BCUT2D eigenvalue weighted by molar-refractivity contribution is 5.98. The summed E-state index contributed by atoms with van der Waals surface area (Å²) in [7, 11) is 0. The Hall–Kier alpha value is -1.71. The van der Waals surface area contributed by atoms with Crippen LogP contribution in [0.3, 0.4) is 0 Å². The number of anilines is 1. The van der Waals surface area contributed by atoms with Crippen LogP contribution >= 0.6 is 0 Å². The Morgan fingerprint density at radius 3 is 2.83 bits per heavy atom. The van der Waals surface area contributed by atoms with Gasteiger partial charge in [0.05, 0.1) is 17.9 Å². The average molecular weight is 248 g/mol. The highest BCUT2D eigenvalue weighted by Gasteiger charge is 2.27. The monoisotopic (exact) mass is 248 g/mol. The van der Waals surface area contributed by atoms with E-state index in [1.54, 1.807) is 18.2 Å². The van der Waals surface area contributed by atoms with Crippen LogP contribution in [0, 0.1) is 5.92 Å². The quantitative estimate of drug-likeness (QED) is 0.803. The van der Waals surface area contributed by atoms with Gasteiger partial charge in [-0.1, -0.05) is 13.0 Å². The van der Waals surface area contributed by atoms with Crippen molar-refractivity contribution in [2.75, 3.05) is 12.3 Å². The Balaban J connectivity index is 2.11. The van der Waals surface area contributed by atoms with Crippen LogP contribution in [0.15, 0.2) is 18.2 Å². The van der Waals surface area contributed by atoms with Gasteiger partial charge in [0.1, 0.15) is 0 Å². The van der Waals surface area contributed by atoms with Crippen LogP contribution in [0.2, 0.25) is 0 Å². The number of rotatable bonds is 4. The van der Waals surface area contributed by atoms with Gasteiger partial charge in [-0.2, -0.15) is 0 Å². The van der Waals surface area contributed by atoms with E-state index in [1.807, 2.05) is 6.92 Å². The zero-order chi connectivity index (χ0) is 13.1. The Morgan fingerprint density at radius 2 is 2.22 bits per heavy atom. The van der Waals surface area contributed by atoms with Crippen molar-refractivity contribution < 1.29 is 9.53 Å². The van der Waals surface area contributed by atoms with Crippen LogP contribution in [0.5, 0.6) is 5.75 Å². The third-order valence-electron chi connectivity index (χ3n) is 3.29. The maximum absolute atomic E-state index is 12.2. The molecular formula is C14H20N2O2. The molecule has 0 heterocycles. The molecule has 1 aliphatic carbocycles. The molecule has 18 heavy (non-hydrogen) atoms. The minimum atomic E-state index is -0.0948. The van der Waals surface area contributed by atoms with E-state index in [-0.39, 0.29) is 5.91 Å². The second kappa shape index (κ2) is 5.29. The number of hydrogen-bond donors (Lipinski definition) is 2. The molecule has 0 aliphatic heterocycles. The molecule has 0 radical (unpaired) electrons. The number of carbonyl (C=O) groups excluding carboxylic acids is 1. The van der Waals surface area contributed by atoms with E-state index < -0.39 is 0 Å². The van der Waals surface area contributed by atoms with E-state index in [9.17, 15) is 4.79 Å². The molecule has 0 saturated heterocycles. The fourth-order valence-electron chi connectivity index (χ4n) is 2.32. The lowest BCUT2D eigenvalue weighted by atomic mass is 9.82. The topological polar surface area (TPSA) is 64.3 Å². The second-order valence-corrected chi connectivity index (χ2v) is 4.90. The van der Waals surface area contributed by atoms with Crippen molar-refractivity contribution in [2.24, 2.45) is 5.92 Å². The molecule has 1 amide bonds. The molecule has 4 nitrogen and oxygen atoms in total. The van der Waals surface area contributed by atoms with Gasteiger partial charge in [0.25, 0.3) is 5.91 Å². The molecule has 1 aromatic rings. The number of hydrogen-bond acceptors (Lipinski definition) is 3. The molecule has 0 unspecified atom stereocenters. The largest absolute Gasteiger partial charge is 0.491 e. The molecule has 3 N–H and O–H groups in total. The van der Waals surface area contributed by atoms with Crippen LogP contribution in [0.1, 0.15) is 37.0 Å². The van der Waals surface area contributed by atoms with Crippen LogP contribution in [-0.2, 0) is 0 Å². The summed E-state index contributed by atoms with van der Waals surface area (Å²) < 4.78 is 5.46. The van der Waals surface area contributed by atoms with E-state index in [0.29, 0.717) is 35.6 Å². The molecule has 0 aromatic heterocycles. The van der Waals surface area contributed by atoms with Gasteiger partial charge in [-0.25, -0.2) is 0 Å². The number of nitrogens with two attached hydrogens (primary N) is 1. The average Bonchev–Trinajstić information content (AvgIpc) is 2.30. The zero-order valence-corrected chi connectivity index (χ0v) is 10.9. The first-order valence-corrected chi connectivity index (χ1v) is 6.44. The van der Waals surface area contributed by atoms with Gasteiger partial charge in [0.2, 0.25) is 0 Å². The first kappa shape index (κ1) is 12.7. The molecule has 2 rings (SSSR count). The molecule has 1 aromatic carbocycles. The third-order valence-corrected chi connectivity index (χ3v) is 3.29. The minimum absolute atomic E-state index is 0.0948. The first-order valence-electron chi connectivity index (χ1n) is 6.44. The standard InChI is InChI=1S/C14H20N2O2/c1-3-18-13-11(5-4-6-12(13)15)14(17)16-10-7-9(2)8-10/h4-6,9-10H,3,7-8,15H2,1-2H3,(H,16,17). The minimum Gasteiger partial charge on any atom is -0.491 e.